The molecule has 1 aromatic heterocycles. The summed E-state index contributed by atoms with van der Waals surface area (Å²) in [5.41, 5.74) is 0.720. The molecule has 0 spiro atoms. The highest BCUT2D eigenvalue weighted by Crippen LogP contribution is 2.19. The summed E-state index contributed by atoms with van der Waals surface area (Å²) in [5.74, 6) is -0.985. The molecule has 0 saturated heterocycles. The van der Waals surface area contributed by atoms with Crippen LogP contribution >= 0.6 is 24.0 Å². The van der Waals surface area contributed by atoms with Gasteiger partial charge < -0.3 is 5.11 Å². The Labute approximate surface area is 96.3 Å². The highest BCUT2D eigenvalue weighted by Gasteiger charge is 2.06. The lowest BCUT2D eigenvalue weighted by Crippen LogP contribution is -1.96. The first-order chi connectivity index (χ1) is 6.68. The maximum absolute atomic E-state index is 10.7. The van der Waals surface area contributed by atoms with Crippen LogP contribution < -0.4 is 0 Å². The van der Waals surface area contributed by atoms with Crippen LogP contribution in [-0.2, 0) is 0 Å². The Morgan fingerprint density at radius 3 is 2.73 bits per heavy atom. The summed E-state index contributed by atoms with van der Waals surface area (Å²) < 4.78 is 0. The first-order valence-corrected chi connectivity index (χ1v) is 4.20. The summed E-state index contributed by atoms with van der Waals surface area (Å²) in [7, 11) is 0. The third-order valence-corrected chi connectivity index (χ3v) is 2.14. The molecule has 2 rings (SSSR count). The van der Waals surface area contributed by atoms with Crippen LogP contribution in [0.4, 0.5) is 0 Å². The van der Waals surface area contributed by atoms with Crippen LogP contribution in [-0.4, -0.2) is 21.0 Å². The van der Waals surface area contributed by atoms with Crippen LogP contribution in [0.25, 0.3) is 10.9 Å². The van der Waals surface area contributed by atoms with Crippen LogP contribution in [0, 0.1) is 0 Å². The molecule has 15 heavy (non-hydrogen) atoms. The van der Waals surface area contributed by atoms with Crippen molar-refractivity contribution in [3.05, 3.63) is 35.2 Å². The van der Waals surface area contributed by atoms with Crippen molar-refractivity contribution in [1.82, 2.24) is 9.97 Å². The molecule has 0 amide bonds. The van der Waals surface area contributed by atoms with Crippen LogP contribution in [0.5, 0.6) is 0 Å². The van der Waals surface area contributed by atoms with Gasteiger partial charge in [0.1, 0.15) is 11.5 Å². The number of benzene rings is 1. The van der Waals surface area contributed by atoms with Gasteiger partial charge in [-0.05, 0) is 18.2 Å². The monoisotopic (exact) mass is 244 g/mol. The zero-order valence-electron chi connectivity index (χ0n) is 7.35. The number of hydrogen-bond donors (Lipinski definition) is 1. The molecule has 0 saturated carbocycles. The quantitative estimate of drug-likeness (QED) is 0.783. The molecular weight excluding hydrogens is 239 g/mol. The predicted octanol–water partition coefficient (Wildman–Crippen LogP) is 2.40. The van der Waals surface area contributed by atoms with E-state index < -0.39 is 5.97 Å². The van der Waals surface area contributed by atoms with E-state index in [-0.39, 0.29) is 18.0 Å². The van der Waals surface area contributed by atoms with E-state index in [1.165, 1.54) is 18.5 Å². The summed E-state index contributed by atoms with van der Waals surface area (Å²) in [5, 5.41) is 9.72. The van der Waals surface area contributed by atoms with E-state index in [0.717, 1.165) is 0 Å². The number of nitrogens with zero attached hydrogens (tertiary/aromatic N) is 2. The molecule has 1 N–H and O–H groups in total. The van der Waals surface area contributed by atoms with Crippen LogP contribution in [0.15, 0.2) is 24.5 Å². The summed E-state index contributed by atoms with van der Waals surface area (Å²) in [6.45, 7) is 0. The molecule has 0 aliphatic heterocycles. The lowest BCUT2D eigenvalue weighted by Gasteiger charge is -1.99. The Hall–Kier alpha value is -1.39. The fourth-order valence-corrected chi connectivity index (χ4v) is 1.36. The lowest BCUT2D eigenvalue weighted by atomic mass is 10.1. The Morgan fingerprint density at radius 2 is 2.07 bits per heavy atom. The minimum absolute atomic E-state index is 0. The first-order valence-electron chi connectivity index (χ1n) is 3.82. The molecule has 0 atom stereocenters. The van der Waals surface area contributed by atoms with Crippen molar-refractivity contribution >= 4 is 40.9 Å². The number of carboxylic acid groups (broad SMARTS) is 1. The maximum atomic E-state index is 10.7. The largest absolute Gasteiger partial charge is 0.478 e. The van der Waals surface area contributed by atoms with E-state index in [1.54, 1.807) is 6.07 Å². The Balaban J connectivity index is 0.00000112. The summed E-state index contributed by atoms with van der Waals surface area (Å²) in [4.78, 5) is 18.4. The normalized spacial score (nSPS) is 9.67. The summed E-state index contributed by atoms with van der Waals surface area (Å²) >= 11 is 5.79. The number of carbonyl (C=O) groups is 1. The third kappa shape index (κ3) is 2.16. The molecule has 0 bridgehead atoms. The van der Waals surface area contributed by atoms with Gasteiger partial charge >= 0.3 is 5.97 Å². The number of aromatic carboxylic acids is 1. The third-order valence-electron chi connectivity index (χ3n) is 1.83. The highest BCUT2D eigenvalue weighted by molar-refractivity contribution is 6.34. The standard InChI is InChI=1S/C9H5ClN2O2.ClH/c10-8-6-2-1-5(9(13)14)3-7(6)11-4-12-8;/h1-4H,(H,13,14);1H. The van der Waals surface area contributed by atoms with Gasteiger partial charge in [0.2, 0.25) is 0 Å². The summed E-state index contributed by atoms with van der Waals surface area (Å²) in [6.07, 6.45) is 1.30. The van der Waals surface area contributed by atoms with Gasteiger partial charge in [0.05, 0.1) is 11.1 Å². The molecule has 0 aliphatic rings. The Bertz CT molecular complexity index is 516. The van der Waals surface area contributed by atoms with Crippen LogP contribution in [0.2, 0.25) is 5.15 Å². The predicted molar refractivity (Wildman–Crippen MR) is 58.8 cm³/mol. The zero-order chi connectivity index (χ0) is 10.1. The fourth-order valence-electron chi connectivity index (χ4n) is 1.16. The number of aromatic nitrogens is 2. The molecule has 4 nitrogen and oxygen atoms in total. The lowest BCUT2D eigenvalue weighted by molar-refractivity contribution is 0.0697. The van der Waals surface area contributed by atoms with Crippen molar-refractivity contribution < 1.29 is 9.90 Å². The van der Waals surface area contributed by atoms with Gasteiger partial charge in [-0.15, -0.1) is 12.4 Å². The van der Waals surface area contributed by atoms with Crippen molar-refractivity contribution in [3.8, 4) is 0 Å². The van der Waals surface area contributed by atoms with Gasteiger partial charge in [-0.1, -0.05) is 11.6 Å². The molecule has 78 valence electrons. The van der Waals surface area contributed by atoms with E-state index in [1.807, 2.05) is 0 Å². The molecule has 1 heterocycles. The maximum Gasteiger partial charge on any atom is 0.335 e. The topological polar surface area (TPSA) is 63.1 Å². The van der Waals surface area contributed by atoms with Crippen LogP contribution in [0.1, 0.15) is 10.4 Å². The van der Waals surface area contributed by atoms with Gasteiger partial charge in [0.25, 0.3) is 0 Å². The number of carboxylic acids is 1. The van der Waals surface area contributed by atoms with Gasteiger partial charge in [-0.2, -0.15) is 0 Å². The van der Waals surface area contributed by atoms with Crippen molar-refractivity contribution in [3.63, 3.8) is 0 Å². The second kappa shape index (κ2) is 4.42. The molecule has 0 unspecified atom stereocenters. The molecule has 0 fully saturated rings. The zero-order valence-corrected chi connectivity index (χ0v) is 8.92. The number of fused-ring (bicyclic) bond motifs is 1. The molecule has 6 heteroatoms. The first kappa shape index (κ1) is 11.7. The van der Waals surface area contributed by atoms with E-state index in [2.05, 4.69) is 9.97 Å². The SMILES string of the molecule is Cl.O=C(O)c1ccc2c(Cl)ncnc2c1. The fraction of sp³-hybridized carbons (Fsp3) is 0. The number of halogens is 2. The van der Waals surface area contributed by atoms with Gasteiger partial charge in [-0.25, -0.2) is 14.8 Å². The highest BCUT2D eigenvalue weighted by atomic mass is 35.5. The van der Waals surface area contributed by atoms with Gasteiger partial charge in [-0.3, -0.25) is 0 Å². The van der Waals surface area contributed by atoms with Crippen LogP contribution in [0.3, 0.4) is 0 Å². The number of hydrogen-bond acceptors (Lipinski definition) is 3. The van der Waals surface area contributed by atoms with E-state index in [4.69, 9.17) is 16.7 Å². The molecule has 0 aliphatic carbocycles. The van der Waals surface area contributed by atoms with Crippen molar-refractivity contribution in [2.75, 3.05) is 0 Å². The molecular formula is C9H6Cl2N2O2. The van der Waals surface area contributed by atoms with Crippen molar-refractivity contribution in [2.45, 2.75) is 0 Å². The smallest absolute Gasteiger partial charge is 0.335 e. The van der Waals surface area contributed by atoms with Crippen molar-refractivity contribution in [1.29, 1.82) is 0 Å². The Morgan fingerprint density at radius 1 is 1.33 bits per heavy atom. The summed E-state index contributed by atoms with van der Waals surface area (Å²) in [6, 6.07) is 4.53. The second-order valence-electron chi connectivity index (χ2n) is 2.70. The van der Waals surface area contributed by atoms with E-state index in [9.17, 15) is 4.79 Å². The minimum atomic E-state index is -0.985. The van der Waals surface area contributed by atoms with E-state index >= 15 is 0 Å². The average Bonchev–Trinajstić information content (AvgIpc) is 2.17. The molecule has 1 aromatic carbocycles. The van der Waals surface area contributed by atoms with Crippen molar-refractivity contribution in [2.24, 2.45) is 0 Å². The molecule has 0 radical (unpaired) electrons. The second-order valence-corrected chi connectivity index (χ2v) is 3.06. The minimum Gasteiger partial charge on any atom is -0.478 e. The average molecular weight is 245 g/mol. The van der Waals surface area contributed by atoms with Gasteiger partial charge in [0.15, 0.2) is 0 Å². The molecule has 2 aromatic rings. The Kier molecular flexibility index (Phi) is 3.44. The van der Waals surface area contributed by atoms with Gasteiger partial charge in [0, 0.05) is 5.39 Å². The van der Waals surface area contributed by atoms with E-state index in [0.29, 0.717) is 16.1 Å². The number of rotatable bonds is 1.